The van der Waals surface area contributed by atoms with Gasteiger partial charge < -0.3 is 13.9 Å². The second kappa shape index (κ2) is 8.32. The number of ether oxygens (including phenoxy) is 2. The van der Waals surface area contributed by atoms with Gasteiger partial charge in [-0.1, -0.05) is 46.2 Å². The molecule has 1 aromatic heterocycles. The summed E-state index contributed by atoms with van der Waals surface area (Å²) in [6, 6.07) is 3.87. The minimum atomic E-state index is -0.321. The zero-order valence-electron chi connectivity index (χ0n) is 16.9. The molecular formula is C21H30ClNO3S. The molecule has 1 aliphatic heterocycles. The molecule has 0 atom stereocenters. The number of nitrogens with zero attached hydrogens (tertiary/aromatic N) is 1. The topological polar surface area (TPSA) is 44.5 Å². The van der Waals surface area contributed by atoms with Gasteiger partial charge in [0.05, 0.1) is 23.1 Å². The third-order valence-corrected chi connectivity index (χ3v) is 6.77. The number of fused-ring (bicyclic) bond motifs is 1. The van der Waals surface area contributed by atoms with Gasteiger partial charge >= 0.3 is 0 Å². The maximum absolute atomic E-state index is 6.51. The summed E-state index contributed by atoms with van der Waals surface area (Å²) in [7, 11) is 0. The second-order valence-electron chi connectivity index (χ2n) is 7.92. The Morgan fingerprint density at radius 3 is 2.33 bits per heavy atom. The Kier molecular flexibility index (Phi) is 6.46. The fraction of sp³-hybridized carbons (Fsp3) is 0.667. The average molecular weight is 412 g/mol. The number of rotatable bonds is 2. The van der Waals surface area contributed by atoms with E-state index < -0.39 is 0 Å². The van der Waals surface area contributed by atoms with Gasteiger partial charge in [-0.05, 0) is 25.0 Å². The van der Waals surface area contributed by atoms with E-state index in [0.717, 1.165) is 65.8 Å². The van der Waals surface area contributed by atoms with Crippen molar-refractivity contribution in [3.05, 3.63) is 23.0 Å². The molecule has 27 heavy (non-hydrogen) atoms. The highest BCUT2D eigenvalue weighted by atomic mass is 35.5. The van der Waals surface area contributed by atoms with Crippen molar-refractivity contribution in [3.63, 3.8) is 0 Å². The molecule has 1 spiro atoms. The fourth-order valence-electron chi connectivity index (χ4n) is 3.48. The van der Waals surface area contributed by atoms with E-state index >= 15 is 0 Å². The summed E-state index contributed by atoms with van der Waals surface area (Å²) in [6.45, 7) is 11.8. The summed E-state index contributed by atoms with van der Waals surface area (Å²) >= 11 is 8.32. The van der Waals surface area contributed by atoms with E-state index in [1.54, 1.807) is 0 Å². The van der Waals surface area contributed by atoms with E-state index in [2.05, 4.69) is 25.8 Å². The van der Waals surface area contributed by atoms with E-state index in [1.807, 2.05) is 37.7 Å². The van der Waals surface area contributed by atoms with Crippen molar-refractivity contribution in [2.45, 2.75) is 81.6 Å². The molecule has 2 heterocycles. The third kappa shape index (κ3) is 4.47. The number of halogens is 1. The van der Waals surface area contributed by atoms with Gasteiger partial charge in [-0.2, -0.15) is 0 Å². The molecular weight excluding hydrogens is 382 g/mol. The van der Waals surface area contributed by atoms with Gasteiger partial charge in [0.25, 0.3) is 0 Å². The van der Waals surface area contributed by atoms with Crippen LogP contribution in [0.1, 0.15) is 66.2 Å². The SMILES string of the molecule is CC.CC(C)(C)c1nc2ccc(Cl)c(SC3CCC4(CC3)OCCO4)c2o1. The first kappa shape index (κ1) is 21.0. The number of aromatic nitrogens is 1. The molecule has 2 aliphatic rings. The monoisotopic (exact) mass is 411 g/mol. The van der Waals surface area contributed by atoms with Crippen molar-refractivity contribution < 1.29 is 13.9 Å². The van der Waals surface area contributed by atoms with Gasteiger partial charge in [-0.3, -0.25) is 0 Å². The number of hydrogen-bond acceptors (Lipinski definition) is 5. The molecule has 1 saturated heterocycles. The lowest BCUT2D eigenvalue weighted by atomic mass is 9.94. The van der Waals surface area contributed by atoms with E-state index in [0.29, 0.717) is 5.25 Å². The zero-order valence-corrected chi connectivity index (χ0v) is 18.5. The molecule has 4 nitrogen and oxygen atoms in total. The molecule has 1 saturated carbocycles. The largest absolute Gasteiger partial charge is 0.439 e. The van der Waals surface area contributed by atoms with Crippen molar-refractivity contribution in [2.24, 2.45) is 0 Å². The molecule has 2 aromatic rings. The standard InChI is InChI=1S/C19H24ClNO3S.C2H6/c1-18(2,3)17-21-14-5-4-13(20)16(15(14)24-17)25-12-6-8-19(9-7-12)22-10-11-23-19;1-2/h4-5,12H,6-11H2,1-3H3;1-2H3. The van der Waals surface area contributed by atoms with Crippen molar-refractivity contribution in [1.29, 1.82) is 0 Å². The predicted molar refractivity (Wildman–Crippen MR) is 112 cm³/mol. The highest BCUT2D eigenvalue weighted by molar-refractivity contribution is 8.00. The Morgan fingerprint density at radius 2 is 1.74 bits per heavy atom. The molecule has 6 heteroatoms. The van der Waals surface area contributed by atoms with Crippen LogP contribution in [-0.4, -0.2) is 29.2 Å². The van der Waals surface area contributed by atoms with Gasteiger partial charge in [-0.15, -0.1) is 11.8 Å². The van der Waals surface area contributed by atoms with Gasteiger partial charge in [0.2, 0.25) is 5.89 Å². The Labute approximate surface area is 171 Å². The molecule has 2 fully saturated rings. The Bertz CT molecular complexity index is 768. The van der Waals surface area contributed by atoms with Gasteiger partial charge in [-0.25, -0.2) is 4.98 Å². The predicted octanol–water partition coefficient (Wildman–Crippen LogP) is 6.58. The first-order valence-electron chi connectivity index (χ1n) is 9.90. The van der Waals surface area contributed by atoms with E-state index in [-0.39, 0.29) is 11.2 Å². The van der Waals surface area contributed by atoms with Crippen LogP contribution < -0.4 is 0 Å². The molecule has 0 amide bonds. The Morgan fingerprint density at radius 1 is 1.11 bits per heavy atom. The van der Waals surface area contributed by atoms with Crippen LogP contribution in [0, 0.1) is 0 Å². The number of hydrogen-bond donors (Lipinski definition) is 0. The van der Waals surface area contributed by atoms with Crippen molar-refractivity contribution >= 4 is 34.5 Å². The quantitative estimate of drug-likeness (QED) is 0.558. The lowest BCUT2D eigenvalue weighted by molar-refractivity contribution is -0.175. The summed E-state index contributed by atoms with van der Waals surface area (Å²) in [5.41, 5.74) is 1.57. The molecule has 0 radical (unpaired) electrons. The molecule has 0 N–H and O–H groups in total. The normalized spacial score (nSPS) is 20.1. The number of thioether (sulfide) groups is 1. The highest BCUT2D eigenvalue weighted by Crippen LogP contribution is 2.45. The maximum Gasteiger partial charge on any atom is 0.200 e. The molecule has 0 bridgehead atoms. The lowest BCUT2D eigenvalue weighted by Crippen LogP contribution is -2.35. The average Bonchev–Trinajstić information content (AvgIpc) is 3.28. The maximum atomic E-state index is 6.51. The van der Waals surface area contributed by atoms with Crippen LogP contribution >= 0.6 is 23.4 Å². The number of oxazole rings is 1. The summed E-state index contributed by atoms with van der Waals surface area (Å²) in [5.74, 6) is 0.431. The van der Waals surface area contributed by atoms with E-state index in [1.165, 1.54) is 0 Å². The van der Waals surface area contributed by atoms with Crippen LogP contribution in [0.3, 0.4) is 0 Å². The molecule has 1 aliphatic carbocycles. The van der Waals surface area contributed by atoms with Crippen LogP contribution in [0.5, 0.6) is 0 Å². The molecule has 1 aromatic carbocycles. The first-order chi connectivity index (χ1) is 12.9. The summed E-state index contributed by atoms with van der Waals surface area (Å²) in [4.78, 5) is 5.67. The van der Waals surface area contributed by atoms with Gasteiger partial charge in [0, 0.05) is 23.5 Å². The van der Waals surface area contributed by atoms with Gasteiger partial charge in [0.15, 0.2) is 11.4 Å². The van der Waals surface area contributed by atoms with Gasteiger partial charge in [0.1, 0.15) is 5.52 Å². The first-order valence-corrected chi connectivity index (χ1v) is 11.2. The molecule has 4 rings (SSSR count). The smallest absolute Gasteiger partial charge is 0.200 e. The van der Waals surface area contributed by atoms with Crippen LogP contribution in [0.15, 0.2) is 21.4 Å². The third-order valence-electron chi connectivity index (χ3n) is 4.90. The minimum Gasteiger partial charge on any atom is -0.439 e. The molecule has 0 unspecified atom stereocenters. The van der Waals surface area contributed by atoms with Crippen molar-refractivity contribution in [2.75, 3.05) is 13.2 Å². The van der Waals surface area contributed by atoms with E-state index in [9.17, 15) is 0 Å². The second-order valence-corrected chi connectivity index (χ2v) is 9.64. The van der Waals surface area contributed by atoms with Crippen molar-refractivity contribution in [1.82, 2.24) is 4.98 Å². The van der Waals surface area contributed by atoms with E-state index in [4.69, 9.17) is 25.5 Å². The Balaban J connectivity index is 0.00000102. The summed E-state index contributed by atoms with van der Waals surface area (Å²) in [6.07, 6.45) is 4.00. The fourth-order valence-corrected chi connectivity index (χ4v) is 5.00. The zero-order chi connectivity index (χ0) is 19.7. The van der Waals surface area contributed by atoms with Crippen LogP contribution in [0.25, 0.3) is 11.1 Å². The van der Waals surface area contributed by atoms with Crippen LogP contribution in [0.2, 0.25) is 5.02 Å². The lowest BCUT2D eigenvalue weighted by Gasteiger charge is -2.35. The van der Waals surface area contributed by atoms with Crippen LogP contribution in [0.4, 0.5) is 0 Å². The van der Waals surface area contributed by atoms with Crippen LogP contribution in [-0.2, 0) is 14.9 Å². The Hall–Kier alpha value is -0.750. The minimum absolute atomic E-state index is 0.123. The summed E-state index contributed by atoms with van der Waals surface area (Å²) < 4.78 is 17.8. The summed E-state index contributed by atoms with van der Waals surface area (Å²) in [5, 5.41) is 1.23. The highest BCUT2D eigenvalue weighted by Gasteiger charge is 2.40. The molecule has 150 valence electrons. The van der Waals surface area contributed by atoms with Crippen molar-refractivity contribution in [3.8, 4) is 0 Å². The number of benzene rings is 1.